The summed E-state index contributed by atoms with van der Waals surface area (Å²) in [7, 11) is 0. The molecule has 86 valence electrons. The lowest BCUT2D eigenvalue weighted by Gasteiger charge is -2.45. The first-order chi connectivity index (χ1) is 7.75. The Labute approximate surface area is 95.2 Å². The molecule has 1 aliphatic heterocycles. The van der Waals surface area contributed by atoms with Crippen LogP contribution >= 0.6 is 0 Å². The van der Waals surface area contributed by atoms with E-state index in [1.165, 1.54) is 0 Å². The summed E-state index contributed by atoms with van der Waals surface area (Å²) in [6.07, 6.45) is 7.70. The Morgan fingerprint density at radius 1 is 1.44 bits per heavy atom. The molecule has 3 nitrogen and oxygen atoms in total. The van der Waals surface area contributed by atoms with Crippen molar-refractivity contribution in [3.63, 3.8) is 0 Å². The van der Waals surface area contributed by atoms with E-state index in [9.17, 15) is 9.90 Å². The van der Waals surface area contributed by atoms with E-state index in [-0.39, 0.29) is 5.92 Å². The lowest BCUT2D eigenvalue weighted by molar-refractivity contribution is -0.124. The second kappa shape index (κ2) is 3.74. The third-order valence-electron chi connectivity index (χ3n) is 4.20. The summed E-state index contributed by atoms with van der Waals surface area (Å²) < 4.78 is 0. The average Bonchev–Trinajstić information content (AvgIpc) is 2.28. The predicted octanol–water partition coefficient (Wildman–Crippen LogP) is 1.01. The number of hydrogen-bond donors (Lipinski definition) is 2. The fourth-order valence-corrected chi connectivity index (χ4v) is 3.36. The molecule has 1 saturated heterocycles. The van der Waals surface area contributed by atoms with Gasteiger partial charge in [0.2, 0.25) is 0 Å². The number of Topliss-reactive ketones (excluding diaryl/α,β-unsaturated/α-hetero) is 1. The molecule has 3 aliphatic rings. The molecule has 0 aromatic carbocycles. The minimum Gasteiger partial charge on any atom is -0.388 e. The van der Waals surface area contributed by atoms with E-state index in [4.69, 9.17) is 0 Å². The molecule has 1 heterocycles. The van der Waals surface area contributed by atoms with Crippen molar-refractivity contribution in [1.29, 1.82) is 0 Å². The standard InChI is InChI=1S/C13H17NO2/c15-9-5-4-8-7-14-11-2-1-3-12(16)13(11)10(8)6-9/h1-3,8,10,12-14,16H,4-7H2. The molecular formula is C13H17NO2. The number of fused-ring (bicyclic) bond motifs is 3. The SMILES string of the molecule is O=C1CCC2CNC3=CC=CC(O)C3C2C1. The van der Waals surface area contributed by atoms with Gasteiger partial charge in [0.15, 0.2) is 0 Å². The zero-order valence-corrected chi connectivity index (χ0v) is 9.23. The van der Waals surface area contributed by atoms with Crippen molar-refractivity contribution in [1.82, 2.24) is 5.32 Å². The van der Waals surface area contributed by atoms with E-state index >= 15 is 0 Å². The summed E-state index contributed by atoms with van der Waals surface area (Å²) in [6, 6.07) is 0. The van der Waals surface area contributed by atoms with Crippen molar-refractivity contribution in [3.8, 4) is 0 Å². The van der Waals surface area contributed by atoms with Gasteiger partial charge in [-0.05, 0) is 24.3 Å². The van der Waals surface area contributed by atoms with Crippen LogP contribution in [0.15, 0.2) is 23.9 Å². The van der Waals surface area contributed by atoms with Crippen LogP contribution in [-0.4, -0.2) is 23.5 Å². The largest absolute Gasteiger partial charge is 0.388 e. The summed E-state index contributed by atoms with van der Waals surface area (Å²) in [4.78, 5) is 11.6. The number of carbonyl (C=O) groups excluding carboxylic acids is 1. The average molecular weight is 219 g/mol. The second-order valence-electron chi connectivity index (χ2n) is 5.11. The monoisotopic (exact) mass is 219 g/mol. The van der Waals surface area contributed by atoms with E-state index in [2.05, 4.69) is 5.32 Å². The van der Waals surface area contributed by atoms with Crippen molar-refractivity contribution >= 4 is 5.78 Å². The minimum atomic E-state index is -0.425. The number of allylic oxidation sites excluding steroid dienone is 2. The van der Waals surface area contributed by atoms with Gasteiger partial charge < -0.3 is 10.4 Å². The molecule has 0 amide bonds. The molecule has 0 aromatic rings. The van der Waals surface area contributed by atoms with Gasteiger partial charge in [0.25, 0.3) is 0 Å². The predicted molar refractivity (Wildman–Crippen MR) is 60.6 cm³/mol. The molecule has 0 aromatic heterocycles. The minimum absolute atomic E-state index is 0.119. The van der Waals surface area contributed by atoms with E-state index in [1.807, 2.05) is 18.2 Å². The van der Waals surface area contributed by atoms with Crippen LogP contribution in [0.25, 0.3) is 0 Å². The molecule has 3 heteroatoms. The van der Waals surface area contributed by atoms with Gasteiger partial charge in [-0.15, -0.1) is 0 Å². The summed E-state index contributed by atoms with van der Waals surface area (Å²) in [5.74, 6) is 1.38. The molecule has 2 N–H and O–H groups in total. The molecule has 0 bridgehead atoms. The van der Waals surface area contributed by atoms with Crippen LogP contribution in [0.1, 0.15) is 19.3 Å². The number of ketones is 1. The molecule has 0 radical (unpaired) electrons. The quantitative estimate of drug-likeness (QED) is 0.639. The Morgan fingerprint density at radius 3 is 3.19 bits per heavy atom. The summed E-state index contributed by atoms with van der Waals surface area (Å²) in [5, 5.41) is 13.5. The number of rotatable bonds is 0. The number of aliphatic hydroxyl groups is 1. The maximum Gasteiger partial charge on any atom is 0.133 e. The fourth-order valence-electron chi connectivity index (χ4n) is 3.36. The zero-order chi connectivity index (χ0) is 11.1. The third-order valence-corrected chi connectivity index (χ3v) is 4.20. The maximum absolute atomic E-state index is 11.6. The molecule has 16 heavy (non-hydrogen) atoms. The van der Waals surface area contributed by atoms with Crippen LogP contribution in [0.3, 0.4) is 0 Å². The smallest absolute Gasteiger partial charge is 0.133 e. The maximum atomic E-state index is 11.6. The topological polar surface area (TPSA) is 49.3 Å². The van der Waals surface area contributed by atoms with Gasteiger partial charge in [0.05, 0.1) is 6.10 Å². The van der Waals surface area contributed by atoms with Crippen LogP contribution in [0.5, 0.6) is 0 Å². The van der Waals surface area contributed by atoms with Crippen molar-refractivity contribution in [2.24, 2.45) is 17.8 Å². The highest BCUT2D eigenvalue weighted by Gasteiger charge is 2.42. The van der Waals surface area contributed by atoms with Crippen LogP contribution in [0.4, 0.5) is 0 Å². The van der Waals surface area contributed by atoms with Gasteiger partial charge >= 0.3 is 0 Å². The van der Waals surface area contributed by atoms with E-state index in [0.29, 0.717) is 24.0 Å². The molecule has 0 spiro atoms. The van der Waals surface area contributed by atoms with Gasteiger partial charge in [0.1, 0.15) is 5.78 Å². The Kier molecular flexibility index (Phi) is 2.36. The van der Waals surface area contributed by atoms with E-state index in [0.717, 1.165) is 25.1 Å². The summed E-state index contributed by atoms with van der Waals surface area (Å²) >= 11 is 0. The Morgan fingerprint density at radius 2 is 2.31 bits per heavy atom. The van der Waals surface area contributed by atoms with Crippen LogP contribution < -0.4 is 5.32 Å². The highest BCUT2D eigenvalue weighted by Crippen LogP contribution is 2.42. The molecule has 2 fully saturated rings. The van der Waals surface area contributed by atoms with E-state index < -0.39 is 6.10 Å². The number of hydrogen-bond acceptors (Lipinski definition) is 3. The lowest BCUT2D eigenvalue weighted by atomic mass is 9.66. The van der Waals surface area contributed by atoms with Crippen molar-refractivity contribution in [2.75, 3.05) is 6.54 Å². The molecule has 4 unspecified atom stereocenters. The van der Waals surface area contributed by atoms with Gasteiger partial charge in [-0.25, -0.2) is 0 Å². The third kappa shape index (κ3) is 1.50. The first-order valence-corrected chi connectivity index (χ1v) is 6.08. The molecule has 2 aliphatic carbocycles. The van der Waals surface area contributed by atoms with Crippen LogP contribution in [-0.2, 0) is 4.79 Å². The van der Waals surface area contributed by atoms with Gasteiger partial charge in [0, 0.05) is 31.0 Å². The van der Waals surface area contributed by atoms with Crippen molar-refractivity contribution in [2.45, 2.75) is 25.4 Å². The van der Waals surface area contributed by atoms with Crippen molar-refractivity contribution in [3.05, 3.63) is 23.9 Å². The molecular weight excluding hydrogens is 202 g/mol. The molecule has 3 rings (SSSR count). The van der Waals surface area contributed by atoms with E-state index in [1.54, 1.807) is 0 Å². The highest BCUT2D eigenvalue weighted by molar-refractivity contribution is 5.79. The van der Waals surface area contributed by atoms with Crippen LogP contribution in [0, 0.1) is 17.8 Å². The summed E-state index contributed by atoms with van der Waals surface area (Å²) in [5.41, 5.74) is 1.12. The molecule has 4 atom stereocenters. The Hall–Kier alpha value is -1.09. The van der Waals surface area contributed by atoms with Gasteiger partial charge in [-0.1, -0.05) is 12.2 Å². The normalized spacial score (nSPS) is 41.8. The number of piperidine rings is 1. The number of aliphatic hydroxyl groups excluding tert-OH is 1. The summed E-state index contributed by atoms with van der Waals surface area (Å²) in [6.45, 7) is 0.959. The first kappa shape index (κ1) is 10.1. The molecule has 1 saturated carbocycles. The van der Waals surface area contributed by atoms with Gasteiger partial charge in [-0.2, -0.15) is 0 Å². The van der Waals surface area contributed by atoms with Crippen LogP contribution in [0.2, 0.25) is 0 Å². The lowest BCUT2D eigenvalue weighted by Crippen LogP contribution is -2.49. The first-order valence-electron chi connectivity index (χ1n) is 6.08. The van der Waals surface area contributed by atoms with Gasteiger partial charge in [-0.3, -0.25) is 4.79 Å². The highest BCUT2D eigenvalue weighted by atomic mass is 16.3. The number of carbonyl (C=O) groups is 1. The van der Waals surface area contributed by atoms with Crippen molar-refractivity contribution < 1.29 is 9.90 Å². The fraction of sp³-hybridized carbons (Fsp3) is 0.615. The second-order valence-corrected chi connectivity index (χ2v) is 5.11. The Balaban J connectivity index is 1.89. The zero-order valence-electron chi connectivity index (χ0n) is 9.23. The Bertz CT molecular complexity index is 372. The number of nitrogens with one attached hydrogen (secondary N) is 1.